The Morgan fingerprint density at radius 2 is 1.79 bits per heavy atom. The van der Waals surface area contributed by atoms with E-state index in [1.165, 1.54) is 16.0 Å². The lowest BCUT2D eigenvalue weighted by molar-refractivity contribution is 0.479. The van der Waals surface area contributed by atoms with Crippen LogP contribution in [-0.4, -0.2) is 4.16 Å². The number of alkyl halides is 1. The smallest absolute Gasteiger partial charge is 0.130 e. The molecule has 0 amide bonds. The molecule has 3 rings (SSSR count). The molecule has 3 heteroatoms. The zero-order valence-electron chi connectivity index (χ0n) is 10.7. The molecule has 0 saturated carbocycles. The highest BCUT2D eigenvalue weighted by atomic mass is 79.9. The third-order valence-corrected chi connectivity index (χ3v) is 4.60. The minimum Gasteiger partial charge on any atom is -0.457 e. The Balaban J connectivity index is 1.92. The van der Waals surface area contributed by atoms with E-state index < -0.39 is 0 Å². The molecule has 0 saturated heterocycles. The largest absolute Gasteiger partial charge is 0.457 e. The number of para-hydroxylation sites is 1. The SMILES string of the molecule is CC(Br)Sc1ccc2c(c1)CCc1ccccc1O2. The van der Waals surface area contributed by atoms with E-state index in [4.69, 9.17) is 4.74 Å². The van der Waals surface area contributed by atoms with Gasteiger partial charge in [-0.1, -0.05) is 34.1 Å². The van der Waals surface area contributed by atoms with Gasteiger partial charge in [0.05, 0.1) is 4.16 Å². The maximum Gasteiger partial charge on any atom is 0.130 e. The molecule has 0 bridgehead atoms. The molecule has 0 spiro atoms. The van der Waals surface area contributed by atoms with Gasteiger partial charge in [0.15, 0.2) is 0 Å². The molecular formula is C16H15BrOS. The van der Waals surface area contributed by atoms with Crippen molar-refractivity contribution >= 4 is 27.7 Å². The van der Waals surface area contributed by atoms with Crippen molar-refractivity contribution in [2.75, 3.05) is 0 Å². The Morgan fingerprint density at radius 1 is 1.05 bits per heavy atom. The van der Waals surface area contributed by atoms with E-state index in [9.17, 15) is 0 Å². The van der Waals surface area contributed by atoms with Crippen LogP contribution >= 0.6 is 27.7 Å². The second-order valence-corrected chi connectivity index (χ2v) is 8.03. The number of benzene rings is 2. The summed E-state index contributed by atoms with van der Waals surface area (Å²) in [6, 6.07) is 14.8. The monoisotopic (exact) mass is 334 g/mol. The average Bonchev–Trinajstić information content (AvgIpc) is 2.57. The molecule has 1 atom stereocenters. The van der Waals surface area contributed by atoms with Gasteiger partial charge in [0.1, 0.15) is 11.5 Å². The van der Waals surface area contributed by atoms with Crippen LogP contribution in [0, 0.1) is 0 Å². The molecular weight excluding hydrogens is 320 g/mol. The number of ether oxygens (including phenoxy) is 1. The fraction of sp³-hybridized carbons (Fsp3) is 0.250. The molecule has 0 aromatic heterocycles. The predicted molar refractivity (Wildman–Crippen MR) is 84.6 cm³/mol. The van der Waals surface area contributed by atoms with Crippen molar-refractivity contribution < 1.29 is 4.74 Å². The molecule has 1 aliphatic heterocycles. The van der Waals surface area contributed by atoms with Crippen molar-refractivity contribution in [3.8, 4) is 11.5 Å². The number of rotatable bonds is 2. The van der Waals surface area contributed by atoms with Gasteiger partial charge in [0.25, 0.3) is 0 Å². The van der Waals surface area contributed by atoms with Crippen LogP contribution < -0.4 is 4.74 Å². The number of fused-ring (bicyclic) bond motifs is 2. The summed E-state index contributed by atoms with van der Waals surface area (Å²) in [4.78, 5) is 1.29. The third kappa shape index (κ3) is 2.98. The van der Waals surface area contributed by atoms with Gasteiger partial charge in [0.2, 0.25) is 0 Å². The Bertz CT molecular complexity index is 595. The minimum atomic E-state index is 0.425. The van der Waals surface area contributed by atoms with Crippen molar-refractivity contribution in [2.45, 2.75) is 28.8 Å². The molecule has 0 N–H and O–H groups in total. The molecule has 1 heterocycles. The van der Waals surface area contributed by atoms with Crippen molar-refractivity contribution in [3.05, 3.63) is 53.6 Å². The zero-order valence-corrected chi connectivity index (χ0v) is 13.1. The van der Waals surface area contributed by atoms with Crippen molar-refractivity contribution in [1.82, 2.24) is 0 Å². The van der Waals surface area contributed by atoms with Gasteiger partial charge in [-0.05, 0) is 55.2 Å². The summed E-state index contributed by atoms with van der Waals surface area (Å²) in [7, 11) is 0. The van der Waals surface area contributed by atoms with Crippen LogP contribution in [0.15, 0.2) is 47.4 Å². The average molecular weight is 335 g/mol. The highest BCUT2D eigenvalue weighted by molar-refractivity contribution is 9.11. The van der Waals surface area contributed by atoms with Gasteiger partial charge in [-0.3, -0.25) is 0 Å². The number of hydrogen-bond acceptors (Lipinski definition) is 2. The summed E-state index contributed by atoms with van der Waals surface area (Å²) in [6.45, 7) is 2.14. The Labute approximate surface area is 126 Å². The second-order valence-electron chi connectivity index (χ2n) is 4.64. The number of hydrogen-bond donors (Lipinski definition) is 0. The third-order valence-electron chi connectivity index (χ3n) is 3.19. The normalized spacial score (nSPS) is 14.8. The van der Waals surface area contributed by atoms with Crippen LogP contribution in [0.3, 0.4) is 0 Å². The number of halogens is 1. The molecule has 19 heavy (non-hydrogen) atoms. The minimum absolute atomic E-state index is 0.425. The van der Waals surface area contributed by atoms with Crippen LogP contribution in [0.4, 0.5) is 0 Å². The highest BCUT2D eigenvalue weighted by Gasteiger charge is 2.15. The second kappa shape index (κ2) is 5.59. The van der Waals surface area contributed by atoms with E-state index in [1.807, 2.05) is 23.9 Å². The number of thioether (sulfide) groups is 1. The molecule has 1 aliphatic rings. The molecule has 0 radical (unpaired) electrons. The van der Waals surface area contributed by atoms with E-state index in [0.29, 0.717) is 4.16 Å². The first kappa shape index (κ1) is 13.1. The molecule has 0 fully saturated rings. The summed E-state index contributed by atoms with van der Waals surface area (Å²) in [5, 5.41) is 0. The van der Waals surface area contributed by atoms with Gasteiger partial charge in [-0.25, -0.2) is 0 Å². The van der Waals surface area contributed by atoms with E-state index in [1.54, 1.807) is 0 Å². The summed E-state index contributed by atoms with van der Waals surface area (Å²) < 4.78 is 6.47. The van der Waals surface area contributed by atoms with Crippen LogP contribution in [0.25, 0.3) is 0 Å². The lowest BCUT2D eigenvalue weighted by Crippen LogP contribution is -1.90. The molecule has 2 aromatic rings. The summed E-state index contributed by atoms with van der Waals surface area (Å²) in [5.74, 6) is 1.99. The van der Waals surface area contributed by atoms with E-state index in [-0.39, 0.29) is 0 Å². The van der Waals surface area contributed by atoms with Gasteiger partial charge < -0.3 is 4.74 Å². The Morgan fingerprint density at radius 3 is 2.63 bits per heavy atom. The molecule has 2 aromatic carbocycles. The predicted octanol–water partition coefficient (Wildman–Crippen LogP) is 5.41. The lowest BCUT2D eigenvalue weighted by Gasteiger charge is -2.10. The van der Waals surface area contributed by atoms with Gasteiger partial charge in [0, 0.05) is 4.90 Å². The van der Waals surface area contributed by atoms with Gasteiger partial charge in [-0.15, -0.1) is 11.8 Å². The standard InChI is InChI=1S/C16H15BrOS/c1-11(17)19-14-8-9-16-13(10-14)7-6-12-4-2-3-5-15(12)18-16/h2-5,8-11H,6-7H2,1H3. The van der Waals surface area contributed by atoms with Gasteiger partial charge >= 0.3 is 0 Å². The van der Waals surface area contributed by atoms with Gasteiger partial charge in [-0.2, -0.15) is 0 Å². The topological polar surface area (TPSA) is 9.23 Å². The van der Waals surface area contributed by atoms with Crippen LogP contribution in [-0.2, 0) is 12.8 Å². The maximum absolute atomic E-state index is 6.04. The van der Waals surface area contributed by atoms with Crippen molar-refractivity contribution in [3.63, 3.8) is 0 Å². The quantitative estimate of drug-likeness (QED) is 0.536. The first-order valence-electron chi connectivity index (χ1n) is 6.42. The molecule has 98 valence electrons. The molecule has 1 nitrogen and oxygen atoms in total. The van der Waals surface area contributed by atoms with Crippen LogP contribution in [0.5, 0.6) is 11.5 Å². The number of aryl methyl sites for hydroxylation is 2. The molecule has 0 aliphatic carbocycles. The molecule has 1 unspecified atom stereocenters. The zero-order chi connectivity index (χ0) is 13.2. The van der Waals surface area contributed by atoms with Crippen LogP contribution in [0.2, 0.25) is 0 Å². The maximum atomic E-state index is 6.04. The summed E-state index contributed by atoms with van der Waals surface area (Å²) in [6.07, 6.45) is 2.08. The lowest BCUT2D eigenvalue weighted by atomic mass is 10.0. The summed E-state index contributed by atoms with van der Waals surface area (Å²) in [5.41, 5.74) is 2.59. The van der Waals surface area contributed by atoms with Crippen molar-refractivity contribution in [2.24, 2.45) is 0 Å². The Hall–Kier alpha value is -0.930. The van der Waals surface area contributed by atoms with Crippen LogP contribution in [0.1, 0.15) is 18.1 Å². The summed E-state index contributed by atoms with van der Waals surface area (Å²) >= 11 is 5.40. The fourth-order valence-corrected chi connectivity index (χ4v) is 3.69. The highest BCUT2D eigenvalue weighted by Crippen LogP contribution is 2.36. The Kier molecular flexibility index (Phi) is 3.85. The fourth-order valence-electron chi connectivity index (χ4n) is 2.31. The van der Waals surface area contributed by atoms with E-state index in [2.05, 4.69) is 53.2 Å². The first-order chi connectivity index (χ1) is 9.22. The van der Waals surface area contributed by atoms with E-state index >= 15 is 0 Å². The first-order valence-corrected chi connectivity index (χ1v) is 8.21. The van der Waals surface area contributed by atoms with E-state index in [0.717, 1.165) is 24.3 Å². The van der Waals surface area contributed by atoms with Crippen molar-refractivity contribution in [1.29, 1.82) is 0 Å².